The molecule has 21 heavy (non-hydrogen) atoms. The Bertz CT molecular complexity index is 434. The van der Waals surface area contributed by atoms with Gasteiger partial charge in [0, 0.05) is 12.6 Å². The van der Waals surface area contributed by atoms with E-state index in [2.05, 4.69) is 22.3 Å². The summed E-state index contributed by atoms with van der Waals surface area (Å²) in [7, 11) is 0. The highest BCUT2D eigenvalue weighted by Gasteiger charge is 2.27. The molecule has 1 aliphatic heterocycles. The second kappa shape index (κ2) is 8.15. The topological polar surface area (TPSA) is 52.6 Å². The number of hydrogen-bond acceptors (Lipinski definition) is 3. The first-order chi connectivity index (χ1) is 10.2. The van der Waals surface area contributed by atoms with Gasteiger partial charge in [0.05, 0.1) is 12.6 Å². The van der Waals surface area contributed by atoms with Crippen molar-refractivity contribution in [3.05, 3.63) is 35.9 Å². The zero-order chi connectivity index (χ0) is 15.1. The summed E-state index contributed by atoms with van der Waals surface area (Å²) < 4.78 is 0. The molecule has 1 heterocycles. The maximum absolute atomic E-state index is 12.0. The lowest BCUT2D eigenvalue weighted by Crippen LogP contribution is -2.50. The number of rotatable bonds is 6. The van der Waals surface area contributed by atoms with Gasteiger partial charge >= 0.3 is 0 Å². The minimum absolute atomic E-state index is 0.0541. The van der Waals surface area contributed by atoms with Crippen molar-refractivity contribution < 1.29 is 9.90 Å². The minimum Gasteiger partial charge on any atom is -0.392 e. The lowest BCUT2D eigenvalue weighted by atomic mass is 9.98. The van der Waals surface area contributed by atoms with E-state index in [1.807, 2.05) is 25.1 Å². The second-order valence-electron chi connectivity index (χ2n) is 5.86. The fourth-order valence-electron chi connectivity index (χ4n) is 2.99. The van der Waals surface area contributed by atoms with Gasteiger partial charge in [-0.05, 0) is 38.3 Å². The molecule has 0 bridgehead atoms. The number of aliphatic hydroxyl groups excluding tert-OH is 1. The van der Waals surface area contributed by atoms with Crippen molar-refractivity contribution in [3.8, 4) is 0 Å². The van der Waals surface area contributed by atoms with Gasteiger partial charge in [0.25, 0.3) is 0 Å². The van der Waals surface area contributed by atoms with Crippen LogP contribution < -0.4 is 5.32 Å². The summed E-state index contributed by atoms with van der Waals surface area (Å²) in [6.07, 6.45) is 3.71. The summed E-state index contributed by atoms with van der Waals surface area (Å²) >= 11 is 0. The number of likely N-dealkylation sites (tertiary alicyclic amines) is 1. The van der Waals surface area contributed by atoms with Crippen molar-refractivity contribution in [1.82, 2.24) is 10.2 Å². The van der Waals surface area contributed by atoms with Crippen LogP contribution in [0.2, 0.25) is 0 Å². The van der Waals surface area contributed by atoms with Crippen molar-refractivity contribution in [2.45, 2.75) is 44.8 Å². The highest BCUT2D eigenvalue weighted by atomic mass is 16.3. The normalized spacial score (nSPS) is 21.0. The van der Waals surface area contributed by atoms with Crippen LogP contribution in [0.25, 0.3) is 0 Å². The molecule has 1 amide bonds. The van der Waals surface area contributed by atoms with Gasteiger partial charge in [-0.2, -0.15) is 0 Å². The van der Waals surface area contributed by atoms with E-state index in [-0.39, 0.29) is 18.1 Å². The molecule has 4 heteroatoms. The molecule has 0 saturated carbocycles. The summed E-state index contributed by atoms with van der Waals surface area (Å²) in [5.74, 6) is 0.0541. The summed E-state index contributed by atoms with van der Waals surface area (Å²) in [6, 6.07) is 10.3. The molecule has 0 radical (unpaired) electrons. The largest absolute Gasteiger partial charge is 0.392 e. The van der Waals surface area contributed by atoms with E-state index in [1.165, 1.54) is 5.56 Å². The van der Waals surface area contributed by atoms with Gasteiger partial charge in [0.2, 0.25) is 5.91 Å². The van der Waals surface area contributed by atoms with Crippen molar-refractivity contribution in [2.75, 3.05) is 19.6 Å². The number of piperidine rings is 1. The molecule has 2 atom stereocenters. The number of hydrogen-bond donors (Lipinski definition) is 2. The molecule has 1 fully saturated rings. The van der Waals surface area contributed by atoms with Gasteiger partial charge in [-0.15, -0.1) is 0 Å². The highest BCUT2D eigenvalue weighted by molar-refractivity contribution is 5.78. The number of nitrogens with one attached hydrogen (secondary N) is 1. The molecule has 2 unspecified atom stereocenters. The fourth-order valence-corrected chi connectivity index (χ4v) is 2.99. The van der Waals surface area contributed by atoms with Crippen LogP contribution >= 0.6 is 0 Å². The van der Waals surface area contributed by atoms with Crippen LogP contribution in [0.3, 0.4) is 0 Å². The number of carbonyl (C=O) groups is 1. The number of benzene rings is 1. The van der Waals surface area contributed by atoms with Gasteiger partial charge in [-0.25, -0.2) is 0 Å². The van der Waals surface area contributed by atoms with Crippen LogP contribution in [0.15, 0.2) is 30.3 Å². The standard InChI is InChI=1S/C17H26N2O2/c1-14(20)16-9-5-6-12-19(16)13-17(21)18-11-10-15-7-3-2-4-8-15/h2-4,7-8,14,16,20H,5-6,9-13H2,1H3,(H,18,21). The van der Waals surface area contributed by atoms with Crippen LogP contribution in [0.4, 0.5) is 0 Å². The van der Waals surface area contributed by atoms with E-state index in [9.17, 15) is 9.90 Å². The van der Waals surface area contributed by atoms with Crippen molar-refractivity contribution in [2.24, 2.45) is 0 Å². The maximum atomic E-state index is 12.0. The molecule has 0 aliphatic carbocycles. The third-order valence-corrected chi connectivity index (χ3v) is 4.15. The lowest BCUT2D eigenvalue weighted by molar-refractivity contribution is -0.123. The van der Waals surface area contributed by atoms with E-state index in [0.717, 1.165) is 32.2 Å². The summed E-state index contributed by atoms with van der Waals surface area (Å²) in [6.45, 7) is 3.78. The molecule has 1 aromatic rings. The Balaban J connectivity index is 1.73. The molecule has 4 nitrogen and oxygen atoms in total. The van der Waals surface area contributed by atoms with Crippen LogP contribution in [0.5, 0.6) is 0 Å². The molecule has 1 aromatic carbocycles. The molecular formula is C17H26N2O2. The third-order valence-electron chi connectivity index (χ3n) is 4.15. The Labute approximate surface area is 127 Å². The van der Waals surface area contributed by atoms with Gasteiger partial charge in [0.1, 0.15) is 0 Å². The van der Waals surface area contributed by atoms with Crippen molar-refractivity contribution in [3.63, 3.8) is 0 Å². The van der Waals surface area contributed by atoms with Gasteiger partial charge < -0.3 is 10.4 Å². The minimum atomic E-state index is -0.373. The number of carbonyl (C=O) groups excluding carboxylic acids is 1. The molecule has 2 rings (SSSR count). The Morgan fingerprint density at radius 1 is 1.38 bits per heavy atom. The smallest absolute Gasteiger partial charge is 0.234 e. The molecule has 2 N–H and O–H groups in total. The average Bonchev–Trinajstić information content (AvgIpc) is 2.48. The van der Waals surface area contributed by atoms with Gasteiger partial charge in [-0.3, -0.25) is 9.69 Å². The van der Waals surface area contributed by atoms with E-state index in [4.69, 9.17) is 0 Å². The predicted molar refractivity (Wildman–Crippen MR) is 84.0 cm³/mol. The fraction of sp³-hybridized carbons (Fsp3) is 0.588. The lowest BCUT2D eigenvalue weighted by Gasteiger charge is -2.36. The number of aliphatic hydroxyl groups is 1. The van der Waals surface area contributed by atoms with Crippen molar-refractivity contribution >= 4 is 5.91 Å². The summed E-state index contributed by atoms with van der Waals surface area (Å²) in [5.41, 5.74) is 1.23. The SMILES string of the molecule is CC(O)C1CCCCN1CC(=O)NCCc1ccccc1. The van der Waals surface area contributed by atoms with Crippen LogP contribution in [0, 0.1) is 0 Å². The molecule has 0 aromatic heterocycles. The Kier molecular flexibility index (Phi) is 6.21. The Morgan fingerprint density at radius 2 is 2.14 bits per heavy atom. The summed E-state index contributed by atoms with van der Waals surface area (Å²) in [5, 5.41) is 12.8. The van der Waals surface area contributed by atoms with E-state index >= 15 is 0 Å². The first-order valence-corrected chi connectivity index (χ1v) is 7.89. The van der Waals surface area contributed by atoms with Gasteiger partial charge in [-0.1, -0.05) is 36.8 Å². The van der Waals surface area contributed by atoms with E-state index < -0.39 is 0 Å². The maximum Gasteiger partial charge on any atom is 0.234 e. The third kappa shape index (κ3) is 5.14. The zero-order valence-corrected chi connectivity index (χ0v) is 12.8. The quantitative estimate of drug-likeness (QED) is 0.836. The molecular weight excluding hydrogens is 264 g/mol. The zero-order valence-electron chi connectivity index (χ0n) is 12.8. The predicted octanol–water partition coefficient (Wildman–Crippen LogP) is 1.58. The highest BCUT2D eigenvalue weighted by Crippen LogP contribution is 2.19. The summed E-state index contributed by atoms with van der Waals surface area (Å²) in [4.78, 5) is 14.2. The molecule has 116 valence electrons. The molecule has 1 saturated heterocycles. The van der Waals surface area contributed by atoms with Crippen molar-refractivity contribution in [1.29, 1.82) is 0 Å². The number of nitrogens with zero attached hydrogens (tertiary/aromatic N) is 1. The average molecular weight is 290 g/mol. The molecule has 1 aliphatic rings. The van der Waals surface area contributed by atoms with Crippen LogP contribution in [-0.2, 0) is 11.2 Å². The Hall–Kier alpha value is -1.39. The van der Waals surface area contributed by atoms with Crippen LogP contribution in [-0.4, -0.2) is 47.7 Å². The first-order valence-electron chi connectivity index (χ1n) is 7.89. The van der Waals surface area contributed by atoms with E-state index in [0.29, 0.717) is 13.1 Å². The monoisotopic (exact) mass is 290 g/mol. The Morgan fingerprint density at radius 3 is 2.86 bits per heavy atom. The second-order valence-corrected chi connectivity index (χ2v) is 5.86. The van der Waals surface area contributed by atoms with Crippen LogP contribution in [0.1, 0.15) is 31.7 Å². The van der Waals surface area contributed by atoms with Gasteiger partial charge in [0.15, 0.2) is 0 Å². The van der Waals surface area contributed by atoms with E-state index in [1.54, 1.807) is 0 Å². The number of amides is 1. The first kappa shape index (κ1) is 16.0. The molecule has 0 spiro atoms.